The van der Waals surface area contributed by atoms with E-state index in [9.17, 15) is 0 Å². The Morgan fingerprint density at radius 1 is 1.38 bits per heavy atom. The zero-order chi connectivity index (χ0) is 11.0. The summed E-state index contributed by atoms with van der Waals surface area (Å²) < 4.78 is 5.94. The van der Waals surface area contributed by atoms with Gasteiger partial charge in [-0.1, -0.05) is 24.3 Å². The van der Waals surface area contributed by atoms with Gasteiger partial charge >= 0.3 is 0 Å². The third kappa shape index (κ3) is 1.56. The van der Waals surface area contributed by atoms with Gasteiger partial charge in [-0.05, 0) is 42.6 Å². The van der Waals surface area contributed by atoms with Gasteiger partial charge in [-0.3, -0.25) is 0 Å². The van der Waals surface area contributed by atoms with E-state index in [1.165, 1.54) is 26.9 Å². The molecule has 0 radical (unpaired) electrons. The SMILES string of the molecule is Cc1cccc2c(C3=CCCNC3)nsc12. The molecular formula is C13H14N2S. The lowest BCUT2D eigenvalue weighted by Crippen LogP contribution is -2.21. The second kappa shape index (κ2) is 4.00. The van der Waals surface area contributed by atoms with E-state index >= 15 is 0 Å². The highest BCUT2D eigenvalue weighted by atomic mass is 32.1. The van der Waals surface area contributed by atoms with E-state index in [1.54, 1.807) is 11.5 Å². The van der Waals surface area contributed by atoms with Crippen LogP contribution in [0, 0.1) is 6.92 Å². The summed E-state index contributed by atoms with van der Waals surface area (Å²) in [5, 5.41) is 4.70. The van der Waals surface area contributed by atoms with Crippen LogP contribution in [0.15, 0.2) is 24.3 Å². The summed E-state index contributed by atoms with van der Waals surface area (Å²) in [5.41, 5.74) is 3.85. The van der Waals surface area contributed by atoms with Crippen LogP contribution in [-0.2, 0) is 0 Å². The second-order valence-corrected chi connectivity index (χ2v) is 4.95. The van der Waals surface area contributed by atoms with Crippen LogP contribution in [0.1, 0.15) is 17.7 Å². The fourth-order valence-corrected chi connectivity index (χ4v) is 3.03. The minimum atomic E-state index is 0.951. The molecule has 3 heteroatoms. The van der Waals surface area contributed by atoms with Gasteiger partial charge in [0, 0.05) is 11.9 Å². The third-order valence-corrected chi connectivity index (χ3v) is 4.03. The van der Waals surface area contributed by atoms with Crippen molar-refractivity contribution < 1.29 is 0 Å². The Morgan fingerprint density at radius 2 is 2.31 bits per heavy atom. The molecule has 16 heavy (non-hydrogen) atoms. The number of hydrogen-bond donors (Lipinski definition) is 1. The van der Waals surface area contributed by atoms with Gasteiger partial charge in [-0.25, -0.2) is 0 Å². The van der Waals surface area contributed by atoms with Gasteiger partial charge in [-0.2, -0.15) is 4.37 Å². The van der Waals surface area contributed by atoms with Crippen LogP contribution in [0.4, 0.5) is 0 Å². The highest BCUT2D eigenvalue weighted by molar-refractivity contribution is 7.13. The van der Waals surface area contributed by atoms with Crippen LogP contribution < -0.4 is 5.32 Å². The number of rotatable bonds is 1. The number of nitrogens with one attached hydrogen (secondary N) is 1. The Balaban J connectivity index is 2.17. The van der Waals surface area contributed by atoms with Crippen LogP contribution in [-0.4, -0.2) is 17.5 Å². The molecule has 2 nitrogen and oxygen atoms in total. The summed E-state index contributed by atoms with van der Waals surface area (Å²) in [5.74, 6) is 0. The molecule has 0 amide bonds. The van der Waals surface area contributed by atoms with Crippen molar-refractivity contribution in [2.24, 2.45) is 0 Å². The summed E-state index contributed by atoms with van der Waals surface area (Å²) in [6.45, 7) is 4.19. The van der Waals surface area contributed by atoms with Gasteiger partial charge in [0.05, 0.1) is 10.4 Å². The Morgan fingerprint density at radius 3 is 3.12 bits per heavy atom. The quantitative estimate of drug-likeness (QED) is 0.814. The highest BCUT2D eigenvalue weighted by Gasteiger charge is 2.13. The average Bonchev–Trinajstić information content (AvgIpc) is 2.75. The number of aryl methyl sites for hydroxylation is 1. The van der Waals surface area contributed by atoms with E-state index < -0.39 is 0 Å². The predicted molar refractivity (Wildman–Crippen MR) is 69.8 cm³/mol. The molecule has 0 atom stereocenters. The first-order chi connectivity index (χ1) is 7.86. The van der Waals surface area contributed by atoms with Crippen LogP contribution in [0.25, 0.3) is 15.7 Å². The Kier molecular flexibility index (Phi) is 2.50. The number of nitrogens with zero attached hydrogens (tertiary/aromatic N) is 1. The number of aromatic nitrogens is 1. The van der Waals surface area contributed by atoms with Crippen molar-refractivity contribution in [3.8, 4) is 0 Å². The maximum absolute atomic E-state index is 4.61. The summed E-state index contributed by atoms with van der Waals surface area (Å²) in [6, 6.07) is 6.45. The molecule has 1 aliphatic heterocycles. The molecular weight excluding hydrogens is 216 g/mol. The number of hydrogen-bond acceptors (Lipinski definition) is 3. The Labute approximate surface area is 99.2 Å². The van der Waals surface area contributed by atoms with Crippen molar-refractivity contribution in [2.75, 3.05) is 13.1 Å². The van der Waals surface area contributed by atoms with E-state index in [-0.39, 0.29) is 0 Å². The lowest BCUT2D eigenvalue weighted by atomic mass is 10.0. The summed E-state index contributed by atoms with van der Waals surface area (Å²) in [6.07, 6.45) is 3.42. The normalized spacial score (nSPS) is 16.4. The van der Waals surface area contributed by atoms with E-state index in [2.05, 4.69) is 40.9 Å². The van der Waals surface area contributed by atoms with Gasteiger partial charge in [0.2, 0.25) is 0 Å². The van der Waals surface area contributed by atoms with Crippen molar-refractivity contribution >= 4 is 27.2 Å². The molecule has 1 aromatic heterocycles. The molecule has 1 N–H and O–H groups in total. The first-order valence-corrected chi connectivity index (χ1v) is 6.39. The average molecular weight is 230 g/mol. The van der Waals surface area contributed by atoms with Crippen LogP contribution in [0.5, 0.6) is 0 Å². The molecule has 0 fully saturated rings. The largest absolute Gasteiger partial charge is 0.312 e. The van der Waals surface area contributed by atoms with Crippen molar-refractivity contribution in [3.63, 3.8) is 0 Å². The number of fused-ring (bicyclic) bond motifs is 1. The lowest BCUT2D eigenvalue weighted by molar-refractivity contribution is 0.738. The first-order valence-electron chi connectivity index (χ1n) is 5.61. The second-order valence-electron chi connectivity index (χ2n) is 4.18. The van der Waals surface area contributed by atoms with Crippen molar-refractivity contribution in [2.45, 2.75) is 13.3 Å². The molecule has 1 aromatic carbocycles. The smallest absolute Gasteiger partial charge is 0.0888 e. The van der Waals surface area contributed by atoms with Crippen molar-refractivity contribution in [3.05, 3.63) is 35.5 Å². The molecule has 2 aromatic rings. The van der Waals surface area contributed by atoms with Crippen LogP contribution in [0.3, 0.4) is 0 Å². The molecule has 0 bridgehead atoms. The highest BCUT2D eigenvalue weighted by Crippen LogP contribution is 2.30. The maximum atomic E-state index is 4.61. The molecule has 0 aliphatic carbocycles. The zero-order valence-corrected chi connectivity index (χ0v) is 10.1. The molecule has 1 aliphatic rings. The van der Waals surface area contributed by atoms with Crippen molar-refractivity contribution in [1.29, 1.82) is 0 Å². The molecule has 0 saturated heterocycles. The van der Waals surface area contributed by atoms with Gasteiger partial charge in [-0.15, -0.1) is 0 Å². The minimum Gasteiger partial charge on any atom is -0.312 e. The fourth-order valence-electron chi connectivity index (χ4n) is 2.16. The molecule has 0 saturated carbocycles. The zero-order valence-electron chi connectivity index (χ0n) is 9.29. The lowest BCUT2D eigenvalue weighted by Gasteiger charge is -2.12. The van der Waals surface area contributed by atoms with Crippen LogP contribution >= 0.6 is 11.5 Å². The molecule has 82 valence electrons. The minimum absolute atomic E-state index is 0.951. The van der Waals surface area contributed by atoms with Gasteiger partial charge in [0.25, 0.3) is 0 Å². The summed E-state index contributed by atoms with van der Waals surface area (Å²) in [7, 11) is 0. The number of benzene rings is 1. The van der Waals surface area contributed by atoms with E-state index in [0.717, 1.165) is 19.5 Å². The van der Waals surface area contributed by atoms with E-state index in [0.29, 0.717) is 0 Å². The molecule has 2 heterocycles. The standard InChI is InChI=1S/C13H14N2S/c1-9-4-2-6-11-12(15-16-13(9)11)10-5-3-7-14-8-10/h2,4-6,14H,3,7-8H2,1H3. The van der Waals surface area contributed by atoms with E-state index in [1.807, 2.05) is 0 Å². The third-order valence-electron chi connectivity index (χ3n) is 3.03. The predicted octanol–water partition coefficient (Wildman–Crippen LogP) is 2.98. The van der Waals surface area contributed by atoms with Gasteiger partial charge in [0.1, 0.15) is 0 Å². The maximum Gasteiger partial charge on any atom is 0.0888 e. The topological polar surface area (TPSA) is 24.9 Å². The van der Waals surface area contributed by atoms with Crippen LogP contribution in [0.2, 0.25) is 0 Å². The monoisotopic (exact) mass is 230 g/mol. The van der Waals surface area contributed by atoms with Gasteiger partial charge < -0.3 is 5.32 Å². The molecule has 0 unspecified atom stereocenters. The molecule has 0 spiro atoms. The van der Waals surface area contributed by atoms with E-state index in [4.69, 9.17) is 0 Å². The molecule has 3 rings (SSSR count). The summed E-state index contributed by atoms with van der Waals surface area (Å²) >= 11 is 1.62. The fraction of sp³-hybridized carbons (Fsp3) is 0.308. The first kappa shape index (κ1) is 10.00. The van der Waals surface area contributed by atoms with Crippen molar-refractivity contribution in [1.82, 2.24) is 9.69 Å². The Hall–Kier alpha value is -1.19. The van der Waals surface area contributed by atoms with Gasteiger partial charge in [0.15, 0.2) is 0 Å². The summed E-state index contributed by atoms with van der Waals surface area (Å²) in [4.78, 5) is 0. The Bertz CT molecular complexity index is 554.